The molecular formula is C18H24N4O2. The molecular weight excluding hydrogens is 304 g/mol. The third-order valence-electron chi connectivity index (χ3n) is 5.27. The molecule has 128 valence electrons. The quantitative estimate of drug-likeness (QED) is 0.720. The van der Waals surface area contributed by atoms with Crippen LogP contribution < -0.4 is 16.0 Å². The molecule has 1 aliphatic carbocycles. The second-order valence-corrected chi connectivity index (χ2v) is 6.90. The number of nitrogen functional groups attached to an aromatic ring is 1. The molecule has 4 N–H and O–H groups in total. The van der Waals surface area contributed by atoms with Gasteiger partial charge in [-0.25, -0.2) is 4.79 Å². The molecule has 1 fully saturated rings. The number of nitriles is 1. The molecule has 1 amide bonds. The second kappa shape index (κ2) is 6.60. The first-order valence-corrected chi connectivity index (χ1v) is 8.61. The highest BCUT2D eigenvalue weighted by Crippen LogP contribution is 2.39. The van der Waals surface area contributed by atoms with Gasteiger partial charge in [-0.2, -0.15) is 5.26 Å². The number of rotatable bonds is 2. The van der Waals surface area contributed by atoms with E-state index in [2.05, 4.69) is 11.4 Å². The van der Waals surface area contributed by atoms with Crippen LogP contribution in [0.5, 0.6) is 0 Å². The van der Waals surface area contributed by atoms with Gasteiger partial charge in [0, 0.05) is 23.6 Å². The van der Waals surface area contributed by atoms with Gasteiger partial charge in [0.1, 0.15) is 0 Å². The summed E-state index contributed by atoms with van der Waals surface area (Å²) in [6.07, 6.45) is 4.51. The van der Waals surface area contributed by atoms with E-state index in [0.29, 0.717) is 11.4 Å². The lowest BCUT2D eigenvalue weighted by Crippen LogP contribution is -2.41. The topological polar surface area (TPSA) is 102 Å². The molecule has 0 bridgehead atoms. The van der Waals surface area contributed by atoms with Crippen LogP contribution in [-0.2, 0) is 6.42 Å². The number of hydrogen-bond donors (Lipinski definition) is 3. The number of nitrogens with zero attached hydrogens (tertiary/aromatic N) is 2. The van der Waals surface area contributed by atoms with Crippen LogP contribution in [-0.4, -0.2) is 23.3 Å². The van der Waals surface area contributed by atoms with Gasteiger partial charge in [0.25, 0.3) is 0 Å². The van der Waals surface area contributed by atoms with Crippen LogP contribution in [0.3, 0.4) is 0 Å². The Morgan fingerprint density at radius 1 is 1.42 bits per heavy atom. The lowest BCUT2D eigenvalue weighted by molar-refractivity contribution is 0.198. The molecule has 0 saturated heterocycles. The summed E-state index contributed by atoms with van der Waals surface area (Å²) in [7, 11) is 0. The first kappa shape index (κ1) is 16.4. The first-order valence-electron chi connectivity index (χ1n) is 8.61. The number of benzene rings is 1. The second-order valence-electron chi connectivity index (χ2n) is 6.90. The number of hydrogen-bond acceptors (Lipinski definition) is 4. The van der Waals surface area contributed by atoms with E-state index in [0.717, 1.165) is 49.8 Å². The van der Waals surface area contributed by atoms with E-state index < -0.39 is 6.09 Å². The average Bonchev–Trinajstić information content (AvgIpc) is 2.57. The number of fused-ring (bicyclic) bond motifs is 1. The van der Waals surface area contributed by atoms with Crippen molar-refractivity contribution in [2.45, 2.75) is 57.5 Å². The van der Waals surface area contributed by atoms with Gasteiger partial charge >= 0.3 is 6.09 Å². The van der Waals surface area contributed by atoms with Gasteiger partial charge in [-0.15, -0.1) is 0 Å². The maximum atomic E-state index is 11.5. The largest absolute Gasteiger partial charge is 0.465 e. The van der Waals surface area contributed by atoms with Crippen molar-refractivity contribution in [1.82, 2.24) is 0 Å². The Kier molecular flexibility index (Phi) is 4.52. The van der Waals surface area contributed by atoms with Crippen LogP contribution in [0.15, 0.2) is 12.1 Å². The van der Waals surface area contributed by atoms with E-state index in [9.17, 15) is 9.90 Å². The van der Waals surface area contributed by atoms with Gasteiger partial charge in [-0.3, -0.25) is 4.90 Å². The lowest BCUT2D eigenvalue weighted by atomic mass is 9.86. The Balaban J connectivity index is 1.85. The van der Waals surface area contributed by atoms with Crippen molar-refractivity contribution < 1.29 is 9.90 Å². The Labute approximate surface area is 142 Å². The van der Waals surface area contributed by atoms with Gasteiger partial charge < -0.3 is 16.2 Å². The van der Waals surface area contributed by atoms with E-state index in [4.69, 9.17) is 11.0 Å². The fraction of sp³-hybridized carbons (Fsp3) is 0.556. The molecule has 6 nitrogen and oxygen atoms in total. The van der Waals surface area contributed by atoms with Gasteiger partial charge in [-0.1, -0.05) is 6.42 Å². The Morgan fingerprint density at radius 2 is 2.21 bits per heavy atom. The highest BCUT2D eigenvalue weighted by Gasteiger charge is 2.30. The monoisotopic (exact) mass is 328 g/mol. The van der Waals surface area contributed by atoms with Gasteiger partial charge in [-0.05, 0) is 51.2 Å². The first-order chi connectivity index (χ1) is 11.5. The predicted octanol–water partition coefficient (Wildman–Crippen LogP) is 3.58. The lowest BCUT2D eigenvalue weighted by Gasteiger charge is -2.35. The number of amides is 1. The van der Waals surface area contributed by atoms with E-state index in [1.807, 2.05) is 19.1 Å². The van der Waals surface area contributed by atoms with Crippen molar-refractivity contribution in [2.24, 2.45) is 5.92 Å². The summed E-state index contributed by atoms with van der Waals surface area (Å²) in [6.45, 7) is 1.92. The predicted molar refractivity (Wildman–Crippen MR) is 94.1 cm³/mol. The molecule has 1 aliphatic heterocycles. The zero-order valence-corrected chi connectivity index (χ0v) is 14.0. The van der Waals surface area contributed by atoms with E-state index >= 15 is 0 Å². The maximum Gasteiger partial charge on any atom is 0.412 e. The van der Waals surface area contributed by atoms with Crippen LogP contribution in [0, 0.1) is 17.2 Å². The van der Waals surface area contributed by atoms with E-state index in [-0.39, 0.29) is 18.0 Å². The third kappa shape index (κ3) is 2.99. The van der Waals surface area contributed by atoms with Crippen LogP contribution in [0.2, 0.25) is 0 Å². The highest BCUT2D eigenvalue weighted by molar-refractivity contribution is 5.92. The highest BCUT2D eigenvalue weighted by atomic mass is 16.4. The molecule has 3 atom stereocenters. The molecule has 2 aliphatic rings. The van der Waals surface area contributed by atoms with Crippen LogP contribution >= 0.6 is 0 Å². The summed E-state index contributed by atoms with van der Waals surface area (Å²) >= 11 is 0. The zero-order chi connectivity index (χ0) is 17.3. The van der Waals surface area contributed by atoms with E-state index in [1.165, 1.54) is 4.90 Å². The van der Waals surface area contributed by atoms with Crippen molar-refractivity contribution in [3.05, 3.63) is 17.7 Å². The van der Waals surface area contributed by atoms with Gasteiger partial charge in [0.2, 0.25) is 0 Å². The smallest absolute Gasteiger partial charge is 0.412 e. The molecule has 6 heteroatoms. The minimum Gasteiger partial charge on any atom is -0.465 e. The summed E-state index contributed by atoms with van der Waals surface area (Å²) in [4.78, 5) is 13.0. The van der Waals surface area contributed by atoms with Crippen molar-refractivity contribution in [2.75, 3.05) is 16.0 Å². The van der Waals surface area contributed by atoms with Crippen molar-refractivity contribution in [3.63, 3.8) is 0 Å². The van der Waals surface area contributed by atoms with Gasteiger partial charge in [0.15, 0.2) is 0 Å². The SMILES string of the molecule is C[C@H]1CCc2c(ccc(NC3CCCC(C#N)C3)c2N)N1C(=O)O. The minimum atomic E-state index is -0.937. The van der Waals surface area contributed by atoms with Crippen molar-refractivity contribution in [3.8, 4) is 6.07 Å². The zero-order valence-electron chi connectivity index (χ0n) is 14.0. The van der Waals surface area contributed by atoms with Gasteiger partial charge in [0.05, 0.1) is 23.1 Å². The molecule has 0 aromatic heterocycles. The molecule has 1 aromatic rings. The number of nitrogens with one attached hydrogen (secondary N) is 1. The van der Waals surface area contributed by atoms with E-state index in [1.54, 1.807) is 0 Å². The molecule has 0 spiro atoms. The normalized spacial score (nSPS) is 26.3. The average molecular weight is 328 g/mol. The van der Waals surface area contributed by atoms with Crippen LogP contribution in [0.4, 0.5) is 21.9 Å². The summed E-state index contributed by atoms with van der Waals surface area (Å²) in [5.41, 5.74) is 9.46. The van der Waals surface area contributed by atoms with Crippen molar-refractivity contribution in [1.29, 1.82) is 5.26 Å². The number of carboxylic acid groups (broad SMARTS) is 1. The summed E-state index contributed by atoms with van der Waals surface area (Å²) < 4.78 is 0. The Morgan fingerprint density at radius 3 is 2.92 bits per heavy atom. The maximum absolute atomic E-state index is 11.5. The molecule has 1 heterocycles. The Bertz CT molecular complexity index is 682. The molecule has 2 unspecified atom stereocenters. The fourth-order valence-electron chi connectivity index (χ4n) is 3.94. The standard InChI is InChI=1S/C18H24N4O2/c1-11-5-6-14-16(22(11)18(23)24)8-7-15(17(14)20)21-13-4-2-3-12(9-13)10-19/h7-8,11-13,21H,2-6,9,20H2,1H3,(H,23,24)/t11-,12?,13?/m0/s1. The number of nitrogens with two attached hydrogens (primary N) is 1. The third-order valence-corrected chi connectivity index (χ3v) is 5.27. The molecule has 24 heavy (non-hydrogen) atoms. The molecule has 3 rings (SSSR count). The molecule has 1 aromatic carbocycles. The summed E-state index contributed by atoms with van der Waals surface area (Å²) in [6, 6.07) is 6.30. The number of carbonyl (C=O) groups is 1. The van der Waals surface area contributed by atoms with Crippen molar-refractivity contribution >= 4 is 23.2 Å². The molecule has 0 radical (unpaired) electrons. The summed E-state index contributed by atoms with van der Waals surface area (Å²) in [5, 5.41) is 22.1. The minimum absolute atomic E-state index is 0.0389. The Hall–Kier alpha value is -2.42. The van der Waals surface area contributed by atoms with Crippen LogP contribution in [0.25, 0.3) is 0 Å². The number of anilines is 3. The fourth-order valence-corrected chi connectivity index (χ4v) is 3.94. The van der Waals surface area contributed by atoms with Crippen LogP contribution in [0.1, 0.15) is 44.6 Å². The molecule has 1 saturated carbocycles. The summed E-state index contributed by atoms with van der Waals surface area (Å²) in [5.74, 6) is 0.110.